The summed E-state index contributed by atoms with van der Waals surface area (Å²) in [5.41, 5.74) is 0. The second-order valence-corrected chi connectivity index (χ2v) is 4.01. The lowest BCUT2D eigenvalue weighted by Crippen LogP contribution is -1.95. The number of allylic oxidation sites excluding steroid dienone is 1. The van der Waals surface area contributed by atoms with E-state index in [1.165, 1.54) is 19.5 Å². The van der Waals surface area contributed by atoms with Crippen molar-refractivity contribution >= 4 is 18.0 Å². The number of halogens is 3. The Balaban J connectivity index is 2.46. The molecule has 0 N–H and O–H groups in total. The average molecular weight is 266 g/mol. The first-order valence-corrected chi connectivity index (χ1v) is 5.50. The van der Waals surface area contributed by atoms with Crippen molar-refractivity contribution in [2.75, 3.05) is 12.8 Å². The Kier molecular flexibility index (Phi) is 5.08. The van der Waals surface area contributed by atoms with Gasteiger partial charge in [-0.05, 0) is 0 Å². The Bertz CT molecular complexity index is 437. The summed E-state index contributed by atoms with van der Waals surface area (Å²) in [7, 11) is 1.28. The summed E-state index contributed by atoms with van der Waals surface area (Å²) < 4.78 is 41.4. The fraction of sp³-hybridized carbons (Fsp3) is 0.333. The van der Waals surface area contributed by atoms with E-state index in [0.29, 0.717) is 4.74 Å². The minimum absolute atomic E-state index is 0.0797. The van der Waals surface area contributed by atoms with E-state index in [2.05, 4.69) is 4.98 Å². The lowest BCUT2D eigenvalue weighted by Gasteiger charge is -1.94. The lowest BCUT2D eigenvalue weighted by molar-refractivity contribution is -0.417. The Labute approximate surface area is 99.4 Å². The highest BCUT2D eigenvalue weighted by Crippen LogP contribution is 2.21. The fourth-order valence-electron chi connectivity index (χ4n) is 0.898. The predicted octanol–water partition coefficient (Wildman–Crippen LogP) is 2.79. The van der Waals surface area contributed by atoms with Crippen LogP contribution in [-0.4, -0.2) is 28.7 Å². The van der Waals surface area contributed by atoms with Crippen LogP contribution in [0.3, 0.4) is 0 Å². The van der Waals surface area contributed by atoms with Gasteiger partial charge in [0.05, 0.1) is 6.20 Å². The molecule has 1 rings (SSSR count). The first kappa shape index (κ1) is 13.6. The summed E-state index contributed by atoms with van der Waals surface area (Å²) in [6.45, 7) is 0. The number of hydrogen-bond acceptors (Lipinski definition) is 4. The van der Waals surface area contributed by atoms with Crippen molar-refractivity contribution in [3.8, 4) is 0 Å². The smallest absolute Gasteiger partial charge is 0.301 e. The van der Waals surface area contributed by atoms with E-state index in [-0.39, 0.29) is 16.7 Å². The second kappa shape index (κ2) is 6.33. The molecular weight excluding hydrogens is 257 g/mol. The Morgan fingerprint density at radius 1 is 1.59 bits per heavy atom. The third kappa shape index (κ3) is 4.94. The molecular formula is C9H9F3N2O2S. The van der Waals surface area contributed by atoms with Gasteiger partial charge in [0.15, 0.2) is 5.83 Å². The molecule has 0 aliphatic heterocycles. The first-order valence-electron chi connectivity index (χ1n) is 4.52. The van der Waals surface area contributed by atoms with Gasteiger partial charge in [-0.1, -0.05) is 11.8 Å². The highest BCUT2D eigenvalue weighted by Gasteiger charge is 2.08. The molecule has 0 unspecified atom stereocenters. The van der Waals surface area contributed by atoms with Crippen LogP contribution < -0.4 is 0 Å². The van der Waals surface area contributed by atoms with Gasteiger partial charge in [-0.2, -0.15) is 8.78 Å². The largest absolute Gasteiger partial charge is 0.624 e. The molecule has 0 aliphatic rings. The van der Waals surface area contributed by atoms with E-state index in [1.807, 2.05) is 0 Å². The first-order chi connectivity index (χ1) is 7.99. The molecule has 1 aromatic rings. The number of oxazole rings is 1. The number of thioether (sulfide) groups is 1. The van der Waals surface area contributed by atoms with Gasteiger partial charge in [-0.15, -0.1) is 0 Å². The molecule has 0 saturated heterocycles. The van der Waals surface area contributed by atoms with Crippen LogP contribution in [0.4, 0.5) is 13.2 Å². The van der Waals surface area contributed by atoms with Crippen molar-refractivity contribution in [1.82, 2.24) is 4.98 Å². The van der Waals surface area contributed by atoms with E-state index >= 15 is 0 Å². The van der Waals surface area contributed by atoms with Gasteiger partial charge in [0.2, 0.25) is 12.0 Å². The summed E-state index contributed by atoms with van der Waals surface area (Å²) in [5, 5.41) is 10.8. The van der Waals surface area contributed by atoms with Crippen LogP contribution in [0, 0.1) is 5.21 Å². The topological polar surface area (TPSA) is 52.1 Å². The summed E-state index contributed by atoms with van der Waals surface area (Å²) >= 11 is 0.988. The maximum atomic E-state index is 12.4. The van der Waals surface area contributed by atoms with Crippen molar-refractivity contribution in [3.63, 3.8) is 0 Å². The van der Waals surface area contributed by atoms with Crippen LogP contribution in [0.5, 0.6) is 0 Å². The average Bonchev–Trinajstić information content (AvgIpc) is 2.64. The van der Waals surface area contributed by atoms with E-state index < -0.39 is 18.3 Å². The Morgan fingerprint density at radius 2 is 2.29 bits per heavy atom. The zero-order chi connectivity index (χ0) is 12.8. The summed E-state index contributed by atoms with van der Waals surface area (Å²) in [5.74, 6) is -1.11. The van der Waals surface area contributed by atoms with Crippen molar-refractivity contribution in [3.05, 3.63) is 29.1 Å². The van der Waals surface area contributed by atoms with E-state index in [1.54, 1.807) is 0 Å². The molecule has 0 bridgehead atoms. The van der Waals surface area contributed by atoms with Crippen molar-refractivity contribution < 1.29 is 22.3 Å². The van der Waals surface area contributed by atoms with Crippen molar-refractivity contribution in [2.45, 2.75) is 11.6 Å². The van der Waals surface area contributed by atoms with Crippen LogP contribution in [-0.2, 0) is 0 Å². The molecule has 0 aliphatic carbocycles. The zero-order valence-corrected chi connectivity index (χ0v) is 9.64. The number of rotatable bonds is 5. The predicted molar refractivity (Wildman–Crippen MR) is 56.9 cm³/mol. The number of aromatic nitrogens is 1. The van der Waals surface area contributed by atoms with Gasteiger partial charge in [0, 0.05) is 12.2 Å². The highest BCUT2D eigenvalue weighted by molar-refractivity contribution is 7.99. The van der Waals surface area contributed by atoms with Crippen molar-refractivity contribution in [2.24, 2.45) is 0 Å². The van der Waals surface area contributed by atoms with Crippen LogP contribution in [0.1, 0.15) is 12.2 Å². The van der Waals surface area contributed by atoms with Crippen LogP contribution in [0.25, 0.3) is 0 Å². The molecule has 1 aromatic heterocycles. The summed E-state index contributed by atoms with van der Waals surface area (Å²) in [6.07, 6.45) is -0.215. The maximum absolute atomic E-state index is 12.4. The van der Waals surface area contributed by atoms with Crippen LogP contribution in [0.2, 0.25) is 0 Å². The molecule has 0 radical (unpaired) electrons. The summed E-state index contributed by atoms with van der Waals surface area (Å²) in [6, 6.07) is 0. The van der Waals surface area contributed by atoms with Gasteiger partial charge in [-0.3, -0.25) is 0 Å². The quantitative estimate of drug-likeness (QED) is 0.270. The molecule has 0 atom stereocenters. The van der Waals surface area contributed by atoms with Gasteiger partial charge in [0.25, 0.3) is 5.22 Å². The zero-order valence-electron chi connectivity index (χ0n) is 8.82. The molecule has 0 aromatic carbocycles. The Hall–Kier alpha value is -1.44. The lowest BCUT2D eigenvalue weighted by atomic mass is 10.4. The van der Waals surface area contributed by atoms with E-state index in [4.69, 9.17) is 4.42 Å². The molecule has 0 fully saturated rings. The molecule has 0 spiro atoms. The second-order valence-electron chi connectivity index (χ2n) is 2.97. The number of hydroxylamine groups is 1. The van der Waals surface area contributed by atoms with Gasteiger partial charge >= 0.3 is 6.08 Å². The molecule has 8 heteroatoms. The molecule has 17 heavy (non-hydrogen) atoms. The molecule has 0 amide bonds. The standard InChI is InChI=1S/C9H9F3N2O2S/c1-14(15)5-6-4-13-9(16-6)17-3-2-7(10)8(11)12/h4-5H,2-3H2,1H3/b14-5-. The molecule has 0 saturated carbocycles. The van der Waals surface area contributed by atoms with E-state index in [9.17, 15) is 18.4 Å². The van der Waals surface area contributed by atoms with Gasteiger partial charge in [-0.25, -0.2) is 14.1 Å². The fourth-order valence-corrected chi connectivity index (χ4v) is 1.64. The number of hydrogen-bond donors (Lipinski definition) is 0. The third-order valence-corrected chi connectivity index (χ3v) is 2.41. The highest BCUT2D eigenvalue weighted by atomic mass is 32.2. The molecule has 94 valence electrons. The molecule has 4 nitrogen and oxygen atoms in total. The van der Waals surface area contributed by atoms with E-state index in [0.717, 1.165) is 11.8 Å². The van der Waals surface area contributed by atoms with Crippen LogP contribution in [0.15, 0.2) is 27.7 Å². The van der Waals surface area contributed by atoms with Crippen LogP contribution >= 0.6 is 11.8 Å². The number of nitrogens with zero attached hydrogens (tertiary/aromatic N) is 2. The Morgan fingerprint density at radius 3 is 2.88 bits per heavy atom. The minimum Gasteiger partial charge on any atom is -0.624 e. The summed E-state index contributed by atoms with van der Waals surface area (Å²) in [4.78, 5) is 3.78. The maximum Gasteiger partial charge on any atom is 0.301 e. The van der Waals surface area contributed by atoms with Crippen molar-refractivity contribution in [1.29, 1.82) is 0 Å². The minimum atomic E-state index is -2.31. The monoisotopic (exact) mass is 266 g/mol. The van der Waals surface area contributed by atoms with Gasteiger partial charge < -0.3 is 9.62 Å². The van der Waals surface area contributed by atoms with Gasteiger partial charge in [0.1, 0.15) is 7.05 Å². The molecule has 1 heterocycles. The normalized spacial score (nSPS) is 11.6. The third-order valence-electron chi connectivity index (χ3n) is 1.56. The SMILES string of the molecule is C/[N+]([O-])=C/c1cnc(SCCC(F)=C(F)F)o1.